The Morgan fingerprint density at radius 3 is 2.73 bits per heavy atom. The van der Waals surface area contributed by atoms with Gasteiger partial charge in [0.25, 0.3) is 0 Å². The van der Waals surface area contributed by atoms with Crippen molar-refractivity contribution in [2.75, 3.05) is 6.61 Å². The molecule has 0 fully saturated rings. The van der Waals surface area contributed by atoms with Crippen molar-refractivity contribution in [3.63, 3.8) is 0 Å². The first kappa shape index (κ1) is 10.2. The molecule has 0 bridgehead atoms. The van der Waals surface area contributed by atoms with Crippen LogP contribution >= 0.6 is 0 Å². The number of ether oxygens (including phenoxy) is 1. The first-order valence-electron chi connectivity index (χ1n) is 3.92. The number of allylic oxidation sites excluding steroid dienone is 1. The van der Waals surface area contributed by atoms with Crippen LogP contribution in [0.2, 0.25) is 0 Å². The molecule has 63 valence electrons. The van der Waals surface area contributed by atoms with Gasteiger partial charge in [-0.25, -0.2) is 0 Å². The summed E-state index contributed by atoms with van der Waals surface area (Å²) in [5.74, 6) is -0.258. The molecule has 0 rings (SSSR count). The van der Waals surface area contributed by atoms with Crippen LogP contribution < -0.4 is 0 Å². The molecule has 2 heteroatoms. The lowest BCUT2D eigenvalue weighted by Gasteiger charge is -1.96. The van der Waals surface area contributed by atoms with Crippen molar-refractivity contribution in [1.29, 1.82) is 0 Å². The van der Waals surface area contributed by atoms with Gasteiger partial charge in [-0.2, -0.15) is 0 Å². The van der Waals surface area contributed by atoms with Gasteiger partial charge in [0.15, 0.2) is 0 Å². The summed E-state index contributed by atoms with van der Waals surface area (Å²) in [5, 5.41) is 0. The summed E-state index contributed by atoms with van der Waals surface area (Å²) < 4.78 is 4.76. The van der Waals surface area contributed by atoms with Gasteiger partial charge in [0, 0.05) is 0 Å². The summed E-state index contributed by atoms with van der Waals surface area (Å²) in [6, 6.07) is 0. The average molecular weight is 155 g/mol. The predicted octanol–water partition coefficient (Wildman–Crippen LogP) is 2.11. The van der Waals surface area contributed by atoms with Gasteiger partial charge < -0.3 is 4.74 Å². The monoisotopic (exact) mass is 155 g/mol. The lowest BCUT2D eigenvalue weighted by molar-refractivity contribution is -0.138. The Kier molecular flexibility index (Phi) is 6.79. The topological polar surface area (TPSA) is 26.3 Å². The van der Waals surface area contributed by atoms with Crippen molar-refractivity contribution in [2.45, 2.75) is 26.7 Å². The Bertz CT molecular complexity index is 128. The summed E-state index contributed by atoms with van der Waals surface area (Å²) in [7, 11) is 0. The molecule has 11 heavy (non-hydrogen) atoms. The summed E-state index contributed by atoms with van der Waals surface area (Å²) in [6.45, 7) is 4.16. The highest BCUT2D eigenvalue weighted by Crippen LogP contribution is 1.89. The summed E-state index contributed by atoms with van der Waals surface area (Å²) in [4.78, 5) is 10.5. The minimum atomic E-state index is -0.258. The van der Waals surface area contributed by atoms with Crippen LogP contribution in [0.15, 0.2) is 12.2 Å². The minimum absolute atomic E-state index is 0.258. The van der Waals surface area contributed by atoms with E-state index in [1.165, 1.54) is 6.42 Å². The van der Waals surface area contributed by atoms with Gasteiger partial charge in [-0.3, -0.25) is 4.79 Å². The van der Waals surface area contributed by atoms with Crippen molar-refractivity contribution < 1.29 is 9.53 Å². The molecule has 0 heterocycles. The van der Waals surface area contributed by atoms with E-state index in [4.69, 9.17) is 4.74 Å². The van der Waals surface area contributed by atoms with Gasteiger partial charge >= 0.3 is 5.97 Å². The second kappa shape index (κ2) is 7.32. The van der Waals surface area contributed by atoms with Gasteiger partial charge in [0.1, 0.15) is 6.61 Å². The molecule has 0 aromatic heterocycles. The maximum absolute atomic E-state index is 10.5. The fourth-order valence-electron chi connectivity index (χ4n) is 0.566. The molecule has 0 aliphatic rings. The summed E-state index contributed by atoms with van der Waals surface area (Å²) >= 11 is 0. The number of esters is 1. The van der Waals surface area contributed by atoms with Crippen LogP contribution in [-0.2, 0) is 9.53 Å². The van der Waals surface area contributed by atoms with Crippen molar-refractivity contribution in [2.24, 2.45) is 0 Å². The molecule has 0 amide bonds. The molecule has 0 saturated heterocycles. The lowest BCUT2D eigenvalue weighted by Crippen LogP contribution is -2.02. The number of carbonyl (C=O) groups excluding carboxylic acids is 1. The molecule has 0 spiro atoms. The Balaban J connectivity index is 3.19. The zero-order valence-electron chi connectivity index (χ0n) is 7.17. The Morgan fingerprint density at radius 1 is 1.45 bits per heavy atom. The first-order valence-corrected chi connectivity index (χ1v) is 3.92. The van der Waals surface area contributed by atoms with Crippen LogP contribution in [0.5, 0.6) is 0 Å². The Morgan fingerprint density at radius 2 is 2.18 bits per heavy atom. The van der Waals surface area contributed by atoms with Crippen LogP contribution in [0.25, 0.3) is 0 Å². The van der Waals surface area contributed by atoms with Crippen LogP contribution in [0.3, 0.4) is 0 Å². The van der Waals surface area contributed by atoms with Crippen LogP contribution in [0.1, 0.15) is 26.7 Å². The molecule has 0 aromatic carbocycles. The summed E-state index contributed by atoms with van der Waals surface area (Å²) in [5.41, 5.74) is 0. The standard InChI is InChI=1S/C9H15O2/c1-3-5-6-7-8-11-9(10)4-2/h4,6-7H,3,5,8H2,1-2H3/b7-6+. The maximum Gasteiger partial charge on any atom is 0.309 e. The van der Waals surface area contributed by atoms with Crippen molar-refractivity contribution >= 4 is 5.97 Å². The number of carbonyl (C=O) groups is 1. The fourth-order valence-corrected chi connectivity index (χ4v) is 0.566. The second-order valence-electron chi connectivity index (χ2n) is 2.18. The first-order chi connectivity index (χ1) is 5.31. The van der Waals surface area contributed by atoms with E-state index in [9.17, 15) is 4.79 Å². The highest BCUT2D eigenvalue weighted by Gasteiger charge is 1.93. The average Bonchev–Trinajstić information content (AvgIpc) is 2.04. The minimum Gasteiger partial charge on any atom is -0.461 e. The normalized spacial score (nSPS) is 10.4. The molecule has 0 aromatic rings. The van der Waals surface area contributed by atoms with E-state index in [-0.39, 0.29) is 5.97 Å². The number of rotatable bonds is 5. The molecule has 0 unspecified atom stereocenters. The number of hydrogen-bond acceptors (Lipinski definition) is 2. The third-order valence-electron chi connectivity index (χ3n) is 1.18. The summed E-state index contributed by atoms with van der Waals surface area (Å²) in [6.07, 6.45) is 7.47. The molecule has 0 N–H and O–H groups in total. The third kappa shape index (κ3) is 7.10. The Hall–Kier alpha value is -0.790. The zero-order valence-corrected chi connectivity index (χ0v) is 7.17. The highest BCUT2D eigenvalue weighted by molar-refractivity contribution is 5.78. The van der Waals surface area contributed by atoms with E-state index in [1.807, 2.05) is 12.2 Å². The molecule has 0 saturated carbocycles. The zero-order chi connectivity index (χ0) is 8.53. The molecule has 0 atom stereocenters. The number of hydrogen-bond donors (Lipinski definition) is 0. The Labute approximate surface area is 68.2 Å². The molecule has 1 radical (unpaired) electrons. The van der Waals surface area contributed by atoms with Gasteiger partial charge in [-0.15, -0.1) is 0 Å². The van der Waals surface area contributed by atoms with Crippen LogP contribution in [0.4, 0.5) is 0 Å². The lowest BCUT2D eigenvalue weighted by atomic mass is 10.3. The predicted molar refractivity (Wildman–Crippen MR) is 45.0 cm³/mol. The smallest absolute Gasteiger partial charge is 0.309 e. The maximum atomic E-state index is 10.5. The highest BCUT2D eigenvalue weighted by atomic mass is 16.5. The van der Waals surface area contributed by atoms with E-state index in [1.54, 1.807) is 6.92 Å². The van der Waals surface area contributed by atoms with Gasteiger partial charge in [-0.05, 0) is 6.42 Å². The quantitative estimate of drug-likeness (QED) is 0.449. The van der Waals surface area contributed by atoms with E-state index in [2.05, 4.69) is 6.92 Å². The third-order valence-corrected chi connectivity index (χ3v) is 1.18. The fraction of sp³-hybridized carbons (Fsp3) is 0.556. The SMILES string of the molecule is C[CH]C(=O)OC/C=C/CCC. The second-order valence-corrected chi connectivity index (χ2v) is 2.18. The van der Waals surface area contributed by atoms with E-state index < -0.39 is 0 Å². The van der Waals surface area contributed by atoms with Gasteiger partial charge in [0.05, 0.1) is 6.42 Å². The van der Waals surface area contributed by atoms with E-state index in [0.29, 0.717) is 6.61 Å². The van der Waals surface area contributed by atoms with Crippen LogP contribution in [-0.4, -0.2) is 12.6 Å². The molecular weight excluding hydrogens is 140 g/mol. The number of unbranched alkanes of at least 4 members (excludes halogenated alkanes) is 1. The van der Waals surface area contributed by atoms with Crippen molar-refractivity contribution in [3.05, 3.63) is 18.6 Å². The van der Waals surface area contributed by atoms with E-state index in [0.717, 1.165) is 12.8 Å². The van der Waals surface area contributed by atoms with Crippen molar-refractivity contribution in [3.8, 4) is 0 Å². The molecule has 0 aliphatic carbocycles. The molecular formula is C9H15O2. The van der Waals surface area contributed by atoms with Gasteiger partial charge in [0.2, 0.25) is 0 Å². The van der Waals surface area contributed by atoms with Crippen LogP contribution in [0, 0.1) is 6.42 Å². The van der Waals surface area contributed by atoms with Crippen molar-refractivity contribution in [1.82, 2.24) is 0 Å². The molecule has 2 nitrogen and oxygen atoms in total. The molecule has 0 aliphatic heterocycles. The van der Waals surface area contributed by atoms with Gasteiger partial charge in [-0.1, -0.05) is 32.4 Å². The largest absolute Gasteiger partial charge is 0.461 e. The van der Waals surface area contributed by atoms with E-state index >= 15 is 0 Å².